The van der Waals surface area contributed by atoms with Gasteiger partial charge in [0.15, 0.2) is 11.6 Å². The molecule has 28 heavy (non-hydrogen) atoms. The van der Waals surface area contributed by atoms with Gasteiger partial charge in [0.25, 0.3) is 5.91 Å². The number of aromatic nitrogens is 1. The monoisotopic (exact) mass is 387 g/mol. The lowest BCUT2D eigenvalue weighted by Gasteiger charge is -2.22. The van der Waals surface area contributed by atoms with Crippen molar-refractivity contribution in [3.05, 3.63) is 53.2 Å². The number of hydrogen-bond acceptors (Lipinski definition) is 4. The Labute approximate surface area is 162 Å². The maximum atomic E-state index is 13.4. The molecule has 1 saturated heterocycles. The molecule has 1 saturated carbocycles. The van der Waals surface area contributed by atoms with Crippen molar-refractivity contribution in [3.63, 3.8) is 0 Å². The van der Waals surface area contributed by atoms with Gasteiger partial charge in [0, 0.05) is 37.7 Å². The average Bonchev–Trinajstić information content (AvgIpc) is 3.55. The van der Waals surface area contributed by atoms with Crippen LogP contribution in [0.15, 0.2) is 30.5 Å². The summed E-state index contributed by atoms with van der Waals surface area (Å²) in [5, 5.41) is 6.01. The number of nitrogens with one attached hydrogen (secondary N) is 2. The Morgan fingerprint density at radius 1 is 1.11 bits per heavy atom. The first-order valence-corrected chi connectivity index (χ1v) is 9.68. The van der Waals surface area contributed by atoms with Gasteiger partial charge in [0.1, 0.15) is 5.82 Å². The zero-order valence-electron chi connectivity index (χ0n) is 15.5. The molecule has 0 radical (unpaired) electrons. The second-order valence-electron chi connectivity index (χ2n) is 7.45. The minimum atomic E-state index is -0.920. The lowest BCUT2D eigenvalue weighted by molar-refractivity contribution is 0.0642. The molecule has 2 aliphatic rings. The van der Waals surface area contributed by atoms with E-state index in [1.165, 1.54) is 6.07 Å². The second-order valence-corrected chi connectivity index (χ2v) is 7.45. The zero-order valence-corrected chi connectivity index (χ0v) is 15.5. The van der Waals surface area contributed by atoms with Crippen molar-refractivity contribution < 1.29 is 18.3 Å². The molecule has 0 bridgehead atoms. The lowest BCUT2D eigenvalue weighted by Crippen LogP contribution is -2.32. The number of amides is 1. The molecule has 1 amide bonds. The van der Waals surface area contributed by atoms with E-state index in [-0.39, 0.29) is 5.91 Å². The normalized spacial score (nSPS) is 17.4. The van der Waals surface area contributed by atoms with E-state index in [1.54, 1.807) is 6.20 Å². The molecule has 148 valence electrons. The molecular formula is C21H23F2N3O2. The molecule has 1 aromatic heterocycles. The highest BCUT2D eigenvalue weighted by Crippen LogP contribution is 2.42. The van der Waals surface area contributed by atoms with E-state index in [0.717, 1.165) is 56.6 Å². The van der Waals surface area contributed by atoms with Crippen LogP contribution >= 0.6 is 0 Å². The van der Waals surface area contributed by atoms with Crippen molar-refractivity contribution in [2.24, 2.45) is 5.92 Å². The van der Waals surface area contributed by atoms with E-state index in [9.17, 15) is 13.6 Å². The van der Waals surface area contributed by atoms with Crippen molar-refractivity contribution in [3.8, 4) is 0 Å². The summed E-state index contributed by atoms with van der Waals surface area (Å²) < 4.78 is 31.9. The Morgan fingerprint density at radius 2 is 1.89 bits per heavy atom. The summed E-state index contributed by atoms with van der Waals surface area (Å²) in [6.45, 7) is 2.14. The Bertz CT molecular complexity index is 865. The van der Waals surface area contributed by atoms with Crippen LogP contribution in [0.25, 0.3) is 0 Å². The van der Waals surface area contributed by atoms with Crippen LogP contribution in [0, 0.1) is 17.6 Å². The Morgan fingerprint density at radius 3 is 2.61 bits per heavy atom. The van der Waals surface area contributed by atoms with Crippen LogP contribution in [0.1, 0.15) is 47.5 Å². The van der Waals surface area contributed by atoms with Gasteiger partial charge >= 0.3 is 0 Å². The number of halogens is 2. The van der Waals surface area contributed by atoms with Gasteiger partial charge < -0.3 is 15.4 Å². The number of carbonyl (C=O) groups excluding carboxylic acids is 1. The maximum absolute atomic E-state index is 13.4. The van der Waals surface area contributed by atoms with E-state index in [4.69, 9.17) is 4.74 Å². The minimum absolute atomic E-state index is 0.111. The molecule has 0 atom stereocenters. The van der Waals surface area contributed by atoms with Gasteiger partial charge in [-0.05, 0) is 61.3 Å². The molecule has 2 N–H and O–H groups in total. The fourth-order valence-electron chi connectivity index (χ4n) is 3.47. The third-order valence-corrected chi connectivity index (χ3v) is 5.28. The van der Waals surface area contributed by atoms with Crippen molar-refractivity contribution in [2.75, 3.05) is 25.1 Å². The Balaban J connectivity index is 1.47. The summed E-state index contributed by atoms with van der Waals surface area (Å²) in [7, 11) is 0. The molecule has 2 fully saturated rings. The Kier molecular flexibility index (Phi) is 5.52. The van der Waals surface area contributed by atoms with Crippen LogP contribution < -0.4 is 10.6 Å². The molecule has 1 aliphatic heterocycles. The fourth-order valence-corrected chi connectivity index (χ4v) is 3.47. The molecule has 0 spiro atoms. The highest BCUT2D eigenvalue weighted by molar-refractivity contribution is 5.96. The summed E-state index contributed by atoms with van der Waals surface area (Å²) in [5.74, 6) is -0.624. The van der Waals surface area contributed by atoms with Gasteiger partial charge in [-0.1, -0.05) is 0 Å². The van der Waals surface area contributed by atoms with Crippen LogP contribution in [0.5, 0.6) is 0 Å². The molecule has 1 aliphatic carbocycles. The largest absolute Gasteiger partial charge is 0.381 e. The Hall–Kier alpha value is -2.54. The number of hydrogen-bond donors (Lipinski definition) is 2. The summed E-state index contributed by atoms with van der Waals surface area (Å²) in [6.07, 6.45) is 5.56. The number of pyridine rings is 1. The molecule has 1 aromatic carbocycles. The molecule has 0 unspecified atom stereocenters. The second kappa shape index (κ2) is 8.22. The number of anilines is 2. The maximum Gasteiger partial charge on any atom is 0.253 e. The summed E-state index contributed by atoms with van der Waals surface area (Å²) in [4.78, 5) is 17.0. The van der Waals surface area contributed by atoms with Crippen LogP contribution in [-0.2, 0) is 4.74 Å². The van der Waals surface area contributed by atoms with Crippen LogP contribution in [0.4, 0.5) is 20.3 Å². The topological polar surface area (TPSA) is 63.2 Å². The third kappa shape index (κ3) is 4.47. The van der Waals surface area contributed by atoms with E-state index in [1.807, 2.05) is 6.07 Å². The highest BCUT2D eigenvalue weighted by atomic mass is 19.2. The SMILES string of the molecule is O=C(NCC1CCOCC1)c1cnc(Nc2ccc(F)c(F)c2)cc1C1CC1. The average molecular weight is 387 g/mol. The standard InChI is InChI=1S/C21H23F2N3O2/c22-18-4-3-15(9-19(18)23)26-20-10-16(14-1-2-14)17(12-24-20)21(27)25-11-13-5-7-28-8-6-13/h3-4,9-10,12-14H,1-2,5-8,11H2,(H,24,26)(H,25,27). The van der Waals surface area contributed by atoms with Gasteiger partial charge in [-0.25, -0.2) is 13.8 Å². The van der Waals surface area contributed by atoms with Crippen molar-refractivity contribution in [2.45, 2.75) is 31.6 Å². The molecule has 4 rings (SSSR count). The van der Waals surface area contributed by atoms with Crippen molar-refractivity contribution >= 4 is 17.4 Å². The third-order valence-electron chi connectivity index (χ3n) is 5.28. The van der Waals surface area contributed by atoms with Gasteiger partial charge in [-0.15, -0.1) is 0 Å². The first kappa shape index (κ1) is 18.8. The first-order chi connectivity index (χ1) is 13.6. The van der Waals surface area contributed by atoms with Gasteiger partial charge in [-0.2, -0.15) is 0 Å². The smallest absolute Gasteiger partial charge is 0.253 e. The van der Waals surface area contributed by atoms with Gasteiger partial charge in [-0.3, -0.25) is 4.79 Å². The first-order valence-electron chi connectivity index (χ1n) is 9.68. The van der Waals surface area contributed by atoms with Crippen LogP contribution in [-0.4, -0.2) is 30.6 Å². The van der Waals surface area contributed by atoms with Crippen molar-refractivity contribution in [1.29, 1.82) is 0 Å². The fraction of sp³-hybridized carbons (Fsp3) is 0.429. The van der Waals surface area contributed by atoms with Crippen LogP contribution in [0.2, 0.25) is 0 Å². The molecule has 7 heteroatoms. The van der Waals surface area contributed by atoms with E-state index >= 15 is 0 Å². The summed E-state index contributed by atoms with van der Waals surface area (Å²) >= 11 is 0. The van der Waals surface area contributed by atoms with E-state index < -0.39 is 11.6 Å². The summed E-state index contributed by atoms with van der Waals surface area (Å²) in [5.41, 5.74) is 1.94. The lowest BCUT2D eigenvalue weighted by atomic mass is 10.00. The number of benzene rings is 1. The zero-order chi connectivity index (χ0) is 19.5. The van der Waals surface area contributed by atoms with Crippen LogP contribution in [0.3, 0.4) is 0 Å². The molecule has 5 nitrogen and oxygen atoms in total. The summed E-state index contributed by atoms with van der Waals surface area (Å²) in [6, 6.07) is 5.44. The highest BCUT2D eigenvalue weighted by Gasteiger charge is 2.29. The van der Waals surface area contributed by atoms with E-state index in [0.29, 0.717) is 35.4 Å². The van der Waals surface area contributed by atoms with E-state index in [2.05, 4.69) is 15.6 Å². The minimum Gasteiger partial charge on any atom is -0.381 e. The van der Waals surface area contributed by atoms with Gasteiger partial charge in [0.2, 0.25) is 0 Å². The van der Waals surface area contributed by atoms with Gasteiger partial charge in [0.05, 0.1) is 5.56 Å². The number of nitrogens with zero attached hydrogens (tertiary/aromatic N) is 1. The predicted octanol–water partition coefficient (Wildman–Crippen LogP) is 4.14. The molecule has 2 aromatic rings. The molecule has 2 heterocycles. The molecular weight excluding hydrogens is 364 g/mol. The van der Waals surface area contributed by atoms with Crippen molar-refractivity contribution in [1.82, 2.24) is 10.3 Å². The predicted molar refractivity (Wildman–Crippen MR) is 102 cm³/mol. The quantitative estimate of drug-likeness (QED) is 0.782. The number of ether oxygens (including phenoxy) is 1. The number of rotatable bonds is 6. The number of carbonyl (C=O) groups is 1.